The molecule has 2 N–H and O–H groups in total. The van der Waals surface area contributed by atoms with Crippen LogP contribution >= 0.6 is 25.3 Å². The van der Waals surface area contributed by atoms with Crippen LogP contribution < -0.4 is 0 Å². The summed E-state index contributed by atoms with van der Waals surface area (Å²) < 4.78 is -0.683. The molecule has 0 amide bonds. The van der Waals surface area contributed by atoms with Crippen molar-refractivity contribution >= 4 is 37.2 Å². The number of carboxylic acid groups (broad SMARTS) is 2. The Kier molecular flexibility index (Phi) is 3.39. The molecule has 0 atom stereocenters. The molecular weight excluding hydrogens is 272 g/mol. The van der Waals surface area contributed by atoms with E-state index in [1.54, 1.807) is 0 Å². The molecule has 0 unspecified atom stereocenters. The summed E-state index contributed by atoms with van der Waals surface area (Å²) >= 11 is 9.14. The summed E-state index contributed by atoms with van der Waals surface area (Å²) in [6, 6.07) is 0. The van der Waals surface area contributed by atoms with Crippen LogP contribution in [0.1, 0.15) is 44.9 Å². The highest BCUT2D eigenvalue weighted by atomic mass is 32.2. The van der Waals surface area contributed by atoms with Crippen molar-refractivity contribution in [1.82, 2.24) is 0 Å². The van der Waals surface area contributed by atoms with E-state index in [1.165, 1.54) is 0 Å². The predicted molar refractivity (Wildman–Crippen MR) is 73.2 cm³/mol. The topological polar surface area (TPSA) is 74.6 Å². The summed E-state index contributed by atoms with van der Waals surface area (Å²) in [5.74, 6) is -1.63. The third-order valence-corrected chi connectivity index (χ3v) is 5.56. The van der Waals surface area contributed by atoms with Gasteiger partial charge in [-0.3, -0.25) is 9.59 Å². The molecule has 2 fully saturated rings. The zero-order valence-electron chi connectivity index (χ0n) is 10.1. The highest BCUT2D eigenvalue weighted by Crippen LogP contribution is 2.67. The molecule has 0 bridgehead atoms. The fourth-order valence-corrected chi connectivity index (χ4v) is 4.06. The first-order chi connectivity index (χ1) is 8.20. The molecule has 2 aliphatic carbocycles. The van der Waals surface area contributed by atoms with Crippen molar-refractivity contribution in [3.05, 3.63) is 0 Å². The fourth-order valence-electron chi connectivity index (χ4n) is 2.78. The predicted octanol–water partition coefficient (Wildman–Crippen LogP) is 2.44. The summed E-state index contributed by atoms with van der Waals surface area (Å²) in [6.07, 6.45) is 4.18. The van der Waals surface area contributed by atoms with Gasteiger partial charge in [-0.2, -0.15) is 25.3 Å². The molecule has 0 aromatic heterocycles. The number of carboxylic acids is 2. The molecular formula is C12H18O4S2. The van der Waals surface area contributed by atoms with Crippen LogP contribution in [0.15, 0.2) is 0 Å². The smallest absolute Gasteiger partial charge is 0.303 e. The van der Waals surface area contributed by atoms with Gasteiger partial charge in [-0.05, 0) is 37.5 Å². The van der Waals surface area contributed by atoms with Gasteiger partial charge in [0.15, 0.2) is 0 Å². The lowest BCUT2D eigenvalue weighted by Crippen LogP contribution is -2.33. The van der Waals surface area contributed by atoms with Crippen molar-refractivity contribution in [2.45, 2.75) is 49.0 Å². The first kappa shape index (κ1) is 14.1. The molecule has 0 radical (unpaired) electrons. The van der Waals surface area contributed by atoms with Crippen molar-refractivity contribution < 1.29 is 19.8 Å². The molecule has 0 saturated heterocycles. The van der Waals surface area contributed by atoms with E-state index < -0.39 is 16.0 Å². The van der Waals surface area contributed by atoms with Crippen LogP contribution in [-0.2, 0) is 9.59 Å². The lowest BCUT2D eigenvalue weighted by molar-refractivity contribution is -0.140. The first-order valence-corrected chi connectivity index (χ1v) is 6.98. The summed E-state index contributed by atoms with van der Waals surface area (Å²) in [6.45, 7) is 0. The van der Waals surface area contributed by atoms with Crippen LogP contribution in [0.3, 0.4) is 0 Å². The Morgan fingerprint density at radius 1 is 1.00 bits per heavy atom. The van der Waals surface area contributed by atoms with Gasteiger partial charge < -0.3 is 10.2 Å². The van der Waals surface area contributed by atoms with Gasteiger partial charge in [0.05, 0.1) is 16.9 Å². The van der Waals surface area contributed by atoms with E-state index in [4.69, 9.17) is 10.2 Å². The molecule has 0 aromatic rings. The summed E-state index contributed by atoms with van der Waals surface area (Å²) in [5, 5.41) is 17.9. The second-order valence-corrected chi connectivity index (χ2v) is 7.79. The van der Waals surface area contributed by atoms with E-state index >= 15 is 0 Å². The zero-order valence-corrected chi connectivity index (χ0v) is 11.8. The summed E-state index contributed by atoms with van der Waals surface area (Å²) in [4.78, 5) is 21.7. The Bertz CT molecular complexity index is 384. The van der Waals surface area contributed by atoms with E-state index in [0.29, 0.717) is 6.42 Å². The van der Waals surface area contributed by atoms with Gasteiger partial charge in [-0.25, -0.2) is 0 Å². The number of hydrogen-bond acceptors (Lipinski definition) is 4. The molecule has 6 heteroatoms. The van der Waals surface area contributed by atoms with Crippen molar-refractivity contribution in [3.63, 3.8) is 0 Å². The number of thiol groups is 2. The Balaban J connectivity index is 2.03. The molecule has 102 valence electrons. The molecule has 2 saturated carbocycles. The third-order valence-electron chi connectivity index (χ3n) is 4.30. The van der Waals surface area contributed by atoms with E-state index in [0.717, 1.165) is 25.7 Å². The number of hydrogen-bond donors (Lipinski definition) is 4. The third kappa shape index (κ3) is 2.79. The molecule has 0 heterocycles. The van der Waals surface area contributed by atoms with Gasteiger partial charge in [-0.15, -0.1) is 0 Å². The van der Waals surface area contributed by atoms with Crippen LogP contribution in [0.5, 0.6) is 0 Å². The SMILES string of the molecule is O=C(O)CC1(CC(S)(S)C2(CC(=O)O)CC2)CC1. The highest BCUT2D eigenvalue weighted by molar-refractivity contribution is 8.00. The van der Waals surface area contributed by atoms with Gasteiger partial charge in [0.25, 0.3) is 0 Å². The quantitative estimate of drug-likeness (QED) is 0.429. The second-order valence-electron chi connectivity index (χ2n) is 5.91. The molecule has 0 spiro atoms. The lowest BCUT2D eigenvalue weighted by Gasteiger charge is -2.35. The second kappa shape index (κ2) is 4.34. The average Bonchev–Trinajstić information content (AvgIpc) is 3.02. The standard InChI is InChI=1S/C12H18O4S2/c13-8(14)5-10(1-2-10)7-12(17,18)11(3-4-11)6-9(15)16/h17-18H,1-7H2,(H,13,14)(H,15,16). The van der Waals surface area contributed by atoms with Gasteiger partial charge >= 0.3 is 11.9 Å². The monoisotopic (exact) mass is 290 g/mol. The van der Waals surface area contributed by atoms with Crippen molar-refractivity contribution in [2.24, 2.45) is 10.8 Å². The Morgan fingerprint density at radius 3 is 1.83 bits per heavy atom. The maximum atomic E-state index is 10.9. The molecule has 2 aliphatic rings. The molecule has 0 aromatic carbocycles. The van der Waals surface area contributed by atoms with Crippen LogP contribution in [-0.4, -0.2) is 26.2 Å². The number of aliphatic carboxylic acids is 2. The Morgan fingerprint density at radius 2 is 1.50 bits per heavy atom. The van der Waals surface area contributed by atoms with Crippen molar-refractivity contribution in [1.29, 1.82) is 0 Å². The minimum atomic E-state index is -0.831. The first-order valence-electron chi connectivity index (χ1n) is 6.09. The number of carbonyl (C=O) groups is 2. The average molecular weight is 290 g/mol. The van der Waals surface area contributed by atoms with Crippen LogP contribution in [0.2, 0.25) is 0 Å². The van der Waals surface area contributed by atoms with Crippen LogP contribution in [0.25, 0.3) is 0 Å². The summed E-state index contributed by atoms with van der Waals surface area (Å²) in [5.41, 5.74) is -0.567. The molecule has 18 heavy (non-hydrogen) atoms. The van der Waals surface area contributed by atoms with Gasteiger partial charge in [-0.1, -0.05) is 0 Å². The van der Waals surface area contributed by atoms with E-state index in [2.05, 4.69) is 25.3 Å². The lowest BCUT2D eigenvalue weighted by atomic mass is 9.86. The van der Waals surface area contributed by atoms with Gasteiger partial charge in [0, 0.05) is 5.41 Å². The summed E-state index contributed by atoms with van der Waals surface area (Å²) in [7, 11) is 0. The Hall–Kier alpha value is -0.360. The van der Waals surface area contributed by atoms with Gasteiger partial charge in [0.2, 0.25) is 0 Å². The van der Waals surface area contributed by atoms with E-state index in [9.17, 15) is 9.59 Å². The van der Waals surface area contributed by atoms with E-state index in [-0.39, 0.29) is 23.7 Å². The van der Waals surface area contributed by atoms with Crippen LogP contribution in [0.4, 0.5) is 0 Å². The largest absolute Gasteiger partial charge is 0.481 e. The fraction of sp³-hybridized carbons (Fsp3) is 0.833. The maximum Gasteiger partial charge on any atom is 0.303 e. The molecule has 2 rings (SSSR count). The van der Waals surface area contributed by atoms with Crippen molar-refractivity contribution in [3.8, 4) is 0 Å². The van der Waals surface area contributed by atoms with E-state index in [1.807, 2.05) is 0 Å². The minimum Gasteiger partial charge on any atom is -0.481 e. The molecule has 4 nitrogen and oxygen atoms in total. The molecule has 0 aliphatic heterocycles. The van der Waals surface area contributed by atoms with Gasteiger partial charge in [0.1, 0.15) is 0 Å². The zero-order chi connectivity index (χ0) is 13.6. The Labute approximate surface area is 117 Å². The van der Waals surface area contributed by atoms with Crippen molar-refractivity contribution in [2.75, 3.05) is 0 Å². The number of rotatable bonds is 7. The highest BCUT2D eigenvalue weighted by Gasteiger charge is 2.61. The normalized spacial score (nSPS) is 23.4. The minimum absolute atomic E-state index is 0.0726. The maximum absolute atomic E-state index is 10.9. The van der Waals surface area contributed by atoms with Crippen LogP contribution in [0, 0.1) is 10.8 Å².